The number of aliphatic carboxylic acids is 1. The van der Waals surface area contributed by atoms with Crippen LogP contribution in [-0.2, 0) is 15.0 Å². The molecular weight excluding hydrogens is 360 g/mol. The molecule has 8 heteroatoms. The number of halogens is 1. The summed E-state index contributed by atoms with van der Waals surface area (Å²) in [5, 5.41) is 9.04. The maximum Gasteiger partial charge on any atom is 0.307 e. The van der Waals surface area contributed by atoms with E-state index in [1.165, 1.54) is 4.31 Å². The largest absolute Gasteiger partial charge is 0.481 e. The number of aryl methyl sites for hydroxylation is 1. The third kappa shape index (κ3) is 3.96. The highest BCUT2D eigenvalue weighted by atomic mass is 79.9. The van der Waals surface area contributed by atoms with Crippen LogP contribution in [0.15, 0.2) is 22.7 Å². The van der Waals surface area contributed by atoms with Crippen LogP contribution in [0.25, 0.3) is 0 Å². The van der Waals surface area contributed by atoms with Crippen molar-refractivity contribution in [2.45, 2.75) is 19.8 Å². The number of benzene rings is 1. The number of anilines is 1. The van der Waals surface area contributed by atoms with Crippen molar-refractivity contribution < 1.29 is 18.3 Å². The first kappa shape index (κ1) is 16.3. The molecule has 1 aliphatic heterocycles. The second-order valence-electron chi connectivity index (χ2n) is 5.10. The summed E-state index contributed by atoms with van der Waals surface area (Å²) in [6, 6.07) is 5.24. The number of carboxylic acid groups (broad SMARTS) is 1. The summed E-state index contributed by atoms with van der Waals surface area (Å²) in [4.78, 5) is 11.0. The molecule has 0 amide bonds. The van der Waals surface area contributed by atoms with Crippen LogP contribution in [0.2, 0.25) is 0 Å². The predicted molar refractivity (Wildman–Crippen MR) is 83.4 cm³/mol. The molecule has 1 heterocycles. The molecule has 0 bridgehead atoms. The molecule has 1 aromatic carbocycles. The highest BCUT2D eigenvalue weighted by Gasteiger charge is 2.32. The van der Waals surface area contributed by atoms with Crippen LogP contribution < -0.4 is 4.72 Å². The summed E-state index contributed by atoms with van der Waals surface area (Å²) in [7, 11) is -3.73. The number of hydrogen-bond donors (Lipinski definition) is 2. The molecule has 2 N–H and O–H groups in total. The quantitative estimate of drug-likeness (QED) is 0.843. The van der Waals surface area contributed by atoms with E-state index >= 15 is 0 Å². The number of piperidine rings is 1. The number of nitrogens with one attached hydrogen (secondary N) is 1. The molecule has 6 nitrogen and oxygen atoms in total. The minimum Gasteiger partial charge on any atom is -0.481 e. The Balaban J connectivity index is 2.16. The highest BCUT2D eigenvalue weighted by Crippen LogP contribution is 2.24. The zero-order chi connectivity index (χ0) is 15.6. The van der Waals surface area contributed by atoms with Crippen molar-refractivity contribution >= 4 is 37.8 Å². The van der Waals surface area contributed by atoms with E-state index < -0.39 is 22.1 Å². The molecule has 1 atom stereocenters. The van der Waals surface area contributed by atoms with E-state index in [-0.39, 0.29) is 6.54 Å². The van der Waals surface area contributed by atoms with Gasteiger partial charge in [-0.15, -0.1) is 0 Å². The number of hydrogen-bond acceptors (Lipinski definition) is 3. The van der Waals surface area contributed by atoms with Gasteiger partial charge in [0.1, 0.15) is 0 Å². The molecule has 1 saturated heterocycles. The van der Waals surface area contributed by atoms with Crippen LogP contribution in [0.5, 0.6) is 0 Å². The van der Waals surface area contributed by atoms with E-state index in [9.17, 15) is 13.2 Å². The molecule has 21 heavy (non-hydrogen) atoms. The zero-order valence-corrected chi connectivity index (χ0v) is 13.9. The van der Waals surface area contributed by atoms with Crippen LogP contribution in [0.4, 0.5) is 5.69 Å². The molecular formula is C13H17BrN2O4S. The van der Waals surface area contributed by atoms with E-state index in [2.05, 4.69) is 20.7 Å². The molecule has 0 radical (unpaired) electrons. The second-order valence-corrected chi connectivity index (χ2v) is 7.69. The van der Waals surface area contributed by atoms with Crippen molar-refractivity contribution in [3.8, 4) is 0 Å². The summed E-state index contributed by atoms with van der Waals surface area (Å²) in [5.41, 5.74) is 1.29. The molecule has 2 rings (SSSR count). The van der Waals surface area contributed by atoms with Gasteiger partial charge in [-0.1, -0.05) is 15.9 Å². The van der Waals surface area contributed by atoms with Crippen LogP contribution in [0, 0.1) is 12.8 Å². The SMILES string of the molecule is Cc1cc(Br)ccc1NS(=O)(=O)N1CCCC(C(=O)O)C1. The van der Waals surface area contributed by atoms with Crippen molar-refractivity contribution in [3.05, 3.63) is 28.2 Å². The van der Waals surface area contributed by atoms with Crippen LogP contribution in [0.1, 0.15) is 18.4 Å². The first-order chi connectivity index (χ1) is 9.79. The maximum atomic E-state index is 12.4. The third-order valence-electron chi connectivity index (χ3n) is 3.50. The molecule has 116 valence electrons. The van der Waals surface area contributed by atoms with Gasteiger partial charge in [-0.2, -0.15) is 12.7 Å². The lowest BCUT2D eigenvalue weighted by atomic mass is 10.0. The van der Waals surface area contributed by atoms with E-state index in [0.29, 0.717) is 25.1 Å². The van der Waals surface area contributed by atoms with Crippen LogP contribution >= 0.6 is 15.9 Å². The third-order valence-corrected chi connectivity index (χ3v) is 5.48. The Labute approximate surface area is 132 Å². The molecule has 1 aromatic rings. The monoisotopic (exact) mass is 376 g/mol. The summed E-state index contributed by atoms with van der Waals surface area (Å²) in [5.74, 6) is -1.59. The average molecular weight is 377 g/mol. The Morgan fingerprint density at radius 3 is 2.81 bits per heavy atom. The summed E-state index contributed by atoms with van der Waals surface area (Å²) >= 11 is 3.32. The molecule has 1 aliphatic rings. The Kier molecular flexibility index (Phi) is 4.90. The maximum absolute atomic E-state index is 12.4. The number of carboxylic acids is 1. The van der Waals surface area contributed by atoms with E-state index in [1.807, 2.05) is 6.07 Å². The minimum atomic E-state index is -3.73. The van der Waals surface area contributed by atoms with Gasteiger partial charge in [0, 0.05) is 17.6 Å². The normalized spacial score (nSPS) is 20.2. The van der Waals surface area contributed by atoms with Gasteiger partial charge in [0.05, 0.1) is 11.6 Å². The minimum absolute atomic E-state index is 0.0141. The second kappa shape index (κ2) is 6.33. The first-order valence-electron chi connectivity index (χ1n) is 6.56. The molecule has 0 aliphatic carbocycles. The van der Waals surface area contributed by atoms with Crippen LogP contribution in [0.3, 0.4) is 0 Å². The first-order valence-corrected chi connectivity index (χ1v) is 8.80. The van der Waals surface area contributed by atoms with E-state index in [1.54, 1.807) is 19.1 Å². The lowest BCUT2D eigenvalue weighted by Gasteiger charge is -2.30. The smallest absolute Gasteiger partial charge is 0.307 e. The van der Waals surface area contributed by atoms with Crippen molar-refractivity contribution in [3.63, 3.8) is 0 Å². The zero-order valence-electron chi connectivity index (χ0n) is 11.5. The number of nitrogens with zero attached hydrogens (tertiary/aromatic N) is 1. The summed E-state index contributed by atoms with van der Waals surface area (Å²) < 4.78 is 29.3. The van der Waals surface area contributed by atoms with Gasteiger partial charge in [0.15, 0.2) is 0 Å². The lowest BCUT2D eigenvalue weighted by molar-refractivity contribution is -0.142. The van der Waals surface area contributed by atoms with Gasteiger partial charge in [-0.05, 0) is 43.5 Å². The number of rotatable bonds is 4. The summed E-state index contributed by atoms with van der Waals surface area (Å²) in [6.45, 7) is 2.16. The Morgan fingerprint density at radius 2 is 2.19 bits per heavy atom. The van der Waals surface area contributed by atoms with Gasteiger partial charge in [0.25, 0.3) is 0 Å². The van der Waals surface area contributed by atoms with E-state index in [0.717, 1.165) is 10.0 Å². The molecule has 0 saturated carbocycles. The van der Waals surface area contributed by atoms with Gasteiger partial charge < -0.3 is 5.11 Å². The fraction of sp³-hybridized carbons (Fsp3) is 0.462. The highest BCUT2D eigenvalue weighted by molar-refractivity contribution is 9.10. The van der Waals surface area contributed by atoms with Crippen molar-refractivity contribution in [1.29, 1.82) is 0 Å². The number of carbonyl (C=O) groups is 1. The average Bonchev–Trinajstić information content (AvgIpc) is 2.42. The van der Waals surface area contributed by atoms with Gasteiger partial charge in [0.2, 0.25) is 0 Å². The molecule has 1 fully saturated rings. The lowest BCUT2D eigenvalue weighted by Crippen LogP contribution is -2.44. The fourth-order valence-electron chi connectivity index (χ4n) is 2.31. The van der Waals surface area contributed by atoms with E-state index in [4.69, 9.17) is 5.11 Å². The standard InChI is InChI=1S/C13H17BrN2O4S/c1-9-7-11(14)4-5-12(9)15-21(19,20)16-6-2-3-10(8-16)13(17)18/h4-5,7,10,15H,2-3,6,8H2,1H3,(H,17,18). The topological polar surface area (TPSA) is 86.7 Å². The van der Waals surface area contributed by atoms with Gasteiger partial charge >= 0.3 is 16.2 Å². The molecule has 0 spiro atoms. The van der Waals surface area contributed by atoms with Gasteiger partial charge in [-0.25, -0.2) is 0 Å². The van der Waals surface area contributed by atoms with Crippen molar-refractivity contribution in [2.75, 3.05) is 17.8 Å². The summed E-state index contributed by atoms with van der Waals surface area (Å²) in [6.07, 6.45) is 1.07. The Bertz CT molecular complexity index is 648. The Morgan fingerprint density at radius 1 is 1.48 bits per heavy atom. The molecule has 1 unspecified atom stereocenters. The van der Waals surface area contributed by atoms with Crippen molar-refractivity contribution in [1.82, 2.24) is 4.31 Å². The predicted octanol–water partition coefficient (Wildman–Crippen LogP) is 2.21. The van der Waals surface area contributed by atoms with Crippen molar-refractivity contribution in [2.24, 2.45) is 5.92 Å². The Hall–Kier alpha value is -1.12. The van der Waals surface area contributed by atoms with Crippen LogP contribution in [-0.4, -0.2) is 36.9 Å². The van der Waals surface area contributed by atoms with Gasteiger partial charge in [-0.3, -0.25) is 9.52 Å². The molecule has 0 aromatic heterocycles. The fourth-order valence-corrected chi connectivity index (χ4v) is 4.16.